The van der Waals surface area contributed by atoms with Crippen LogP contribution in [0.1, 0.15) is 5.56 Å². The number of nitrogens with one attached hydrogen (secondary N) is 1. The van der Waals surface area contributed by atoms with Gasteiger partial charge in [-0.15, -0.1) is 0 Å². The summed E-state index contributed by atoms with van der Waals surface area (Å²) in [5.74, 6) is -0.592. The third kappa shape index (κ3) is 3.41. The van der Waals surface area contributed by atoms with Crippen molar-refractivity contribution in [2.75, 3.05) is 23.9 Å². The molecule has 0 saturated carbocycles. The quantitative estimate of drug-likeness (QED) is 0.427. The van der Waals surface area contributed by atoms with Crippen molar-refractivity contribution in [1.29, 1.82) is 0 Å². The van der Waals surface area contributed by atoms with E-state index in [1.165, 1.54) is 18.0 Å². The number of aromatic nitrogens is 6. The molecule has 0 fully saturated rings. The van der Waals surface area contributed by atoms with Crippen LogP contribution < -0.4 is 16.8 Å². The lowest BCUT2D eigenvalue weighted by atomic mass is 10.2. The van der Waals surface area contributed by atoms with Gasteiger partial charge in [0.05, 0.1) is 19.0 Å². The number of carbonyl (C=O) groups excluding carboxylic acids is 1. The summed E-state index contributed by atoms with van der Waals surface area (Å²) in [6.45, 7) is 0.0974. The third-order valence-electron chi connectivity index (χ3n) is 4.25. The van der Waals surface area contributed by atoms with Gasteiger partial charge in [-0.05, 0) is 18.2 Å². The Hall–Kier alpha value is -4.35. The van der Waals surface area contributed by atoms with E-state index < -0.39 is 12.0 Å². The van der Waals surface area contributed by atoms with Crippen molar-refractivity contribution in [1.82, 2.24) is 29.7 Å². The molecule has 0 spiro atoms. The maximum Gasteiger partial charge on any atom is 0.411 e. The van der Waals surface area contributed by atoms with Crippen LogP contribution in [0.5, 0.6) is 0 Å². The largest absolute Gasteiger partial charge is 0.453 e. The number of amides is 1. The van der Waals surface area contributed by atoms with Gasteiger partial charge in [-0.25, -0.2) is 29.4 Å². The fraction of sp³-hybridized carbons (Fsp3) is 0.111. The number of hydrogen-bond acceptors (Lipinski definition) is 9. The highest BCUT2D eigenvalue weighted by Crippen LogP contribution is 2.30. The second kappa shape index (κ2) is 7.58. The van der Waals surface area contributed by atoms with Crippen LogP contribution in [0.15, 0.2) is 36.7 Å². The number of fused-ring (bicyclic) bond motifs is 1. The molecule has 0 aliphatic heterocycles. The van der Waals surface area contributed by atoms with Gasteiger partial charge in [0.2, 0.25) is 5.95 Å². The predicted molar refractivity (Wildman–Crippen MR) is 107 cm³/mol. The van der Waals surface area contributed by atoms with Crippen LogP contribution in [0.25, 0.3) is 22.6 Å². The highest BCUT2D eigenvalue weighted by molar-refractivity contribution is 5.94. The molecule has 152 valence electrons. The Balaban J connectivity index is 1.80. The highest BCUT2D eigenvalue weighted by atomic mass is 19.1. The van der Waals surface area contributed by atoms with E-state index in [0.717, 1.165) is 0 Å². The lowest BCUT2D eigenvalue weighted by Gasteiger charge is -2.10. The van der Waals surface area contributed by atoms with Crippen molar-refractivity contribution >= 4 is 34.4 Å². The van der Waals surface area contributed by atoms with E-state index in [2.05, 4.69) is 35.1 Å². The average molecular weight is 409 g/mol. The Morgan fingerprint density at radius 1 is 1.17 bits per heavy atom. The molecule has 4 aromatic heterocycles. The summed E-state index contributed by atoms with van der Waals surface area (Å²) < 4.78 is 20.1. The first-order valence-corrected chi connectivity index (χ1v) is 8.67. The molecule has 0 unspecified atom stereocenters. The van der Waals surface area contributed by atoms with Crippen LogP contribution in [0.3, 0.4) is 0 Å². The monoisotopic (exact) mass is 409 g/mol. The lowest BCUT2D eigenvalue weighted by Crippen LogP contribution is -2.16. The molecule has 0 aliphatic rings. The second-order valence-corrected chi connectivity index (χ2v) is 6.14. The molecule has 0 aliphatic carbocycles. The van der Waals surface area contributed by atoms with Crippen molar-refractivity contribution in [3.05, 3.63) is 48.2 Å². The van der Waals surface area contributed by atoms with Crippen molar-refractivity contribution in [2.45, 2.75) is 6.54 Å². The highest BCUT2D eigenvalue weighted by Gasteiger charge is 2.20. The smallest absolute Gasteiger partial charge is 0.411 e. The Labute approximate surface area is 168 Å². The fourth-order valence-electron chi connectivity index (χ4n) is 2.87. The van der Waals surface area contributed by atoms with E-state index in [4.69, 9.17) is 11.5 Å². The van der Waals surface area contributed by atoms with E-state index in [-0.39, 0.29) is 29.7 Å². The molecule has 4 aromatic rings. The molecule has 11 nitrogen and oxygen atoms in total. The number of halogens is 1. The molecule has 5 N–H and O–H groups in total. The van der Waals surface area contributed by atoms with E-state index in [1.807, 2.05) is 0 Å². The number of nitrogen functional groups attached to an aromatic ring is 2. The molecule has 1 amide bonds. The number of methoxy groups -OCH3 is 1. The van der Waals surface area contributed by atoms with Crippen molar-refractivity contribution in [3.63, 3.8) is 0 Å². The van der Waals surface area contributed by atoms with E-state index >= 15 is 0 Å². The topological polar surface area (TPSA) is 160 Å². The molecule has 4 heterocycles. The zero-order chi connectivity index (χ0) is 21.3. The molecule has 30 heavy (non-hydrogen) atoms. The van der Waals surface area contributed by atoms with Crippen LogP contribution in [0.4, 0.5) is 26.5 Å². The zero-order valence-corrected chi connectivity index (χ0v) is 15.7. The Morgan fingerprint density at radius 3 is 2.57 bits per heavy atom. The van der Waals surface area contributed by atoms with E-state index in [1.54, 1.807) is 30.5 Å². The van der Waals surface area contributed by atoms with E-state index in [9.17, 15) is 9.18 Å². The average Bonchev–Trinajstić information content (AvgIpc) is 3.10. The van der Waals surface area contributed by atoms with Crippen LogP contribution in [-0.4, -0.2) is 42.9 Å². The Bertz CT molecular complexity index is 1230. The molecule has 0 aromatic carbocycles. The Kier molecular flexibility index (Phi) is 4.80. The molecule has 0 bridgehead atoms. The Morgan fingerprint density at radius 2 is 1.87 bits per heavy atom. The van der Waals surface area contributed by atoms with Crippen LogP contribution in [0, 0.1) is 5.95 Å². The van der Waals surface area contributed by atoms with Crippen molar-refractivity contribution in [2.24, 2.45) is 0 Å². The summed E-state index contributed by atoms with van der Waals surface area (Å²) in [5, 5.41) is 7.48. The molecular formula is C18H16FN9O2. The minimum atomic E-state index is -0.762. The van der Waals surface area contributed by atoms with Crippen LogP contribution in [0.2, 0.25) is 0 Å². The number of pyridine rings is 2. The van der Waals surface area contributed by atoms with Crippen molar-refractivity contribution < 1.29 is 13.9 Å². The number of carbonyl (C=O) groups is 1. The fourth-order valence-corrected chi connectivity index (χ4v) is 2.87. The molecule has 0 atom stereocenters. The lowest BCUT2D eigenvalue weighted by molar-refractivity contribution is 0.187. The molecular weight excluding hydrogens is 393 g/mol. The van der Waals surface area contributed by atoms with Gasteiger partial charge in [0.25, 0.3) is 0 Å². The number of rotatable bonds is 4. The van der Waals surface area contributed by atoms with Gasteiger partial charge in [-0.2, -0.15) is 9.49 Å². The summed E-state index contributed by atoms with van der Waals surface area (Å²) in [4.78, 5) is 27.9. The first kappa shape index (κ1) is 19.0. The van der Waals surface area contributed by atoms with Gasteiger partial charge in [0, 0.05) is 18.0 Å². The molecule has 0 radical (unpaired) electrons. The van der Waals surface area contributed by atoms with Crippen molar-refractivity contribution in [3.8, 4) is 11.5 Å². The first-order valence-electron chi connectivity index (χ1n) is 8.67. The third-order valence-corrected chi connectivity index (χ3v) is 4.25. The molecule has 0 saturated heterocycles. The normalized spacial score (nSPS) is 10.9. The van der Waals surface area contributed by atoms with Crippen LogP contribution >= 0.6 is 0 Å². The summed E-state index contributed by atoms with van der Waals surface area (Å²) in [6.07, 6.45) is 2.20. The van der Waals surface area contributed by atoms with Gasteiger partial charge in [0.15, 0.2) is 23.1 Å². The maximum atomic E-state index is 14.0. The van der Waals surface area contributed by atoms with Gasteiger partial charge < -0.3 is 16.2 Å². The molecule has 12 heteroatoms. The van der Waals surface area contributed by atoms with Gasteiger partial charge in [-0.3, -0.25) is 5.32 Å². The summed E-state index contributed by atoms with van der Waals surface area (Å²) in [6, 6.07) is 6.74. The van der Waals surface area contributed by atoms with E-state index in [0.29, 0.717) is 22.3 Å². The second-order valence-electron chi connectivity index (χ2n) is 6.14. The SMILES string of the molecule is COC(=O)Nc1c(N)nc(-c2nn(Cc3cccnc3F)c3ncccc23)nc1N. The molecule has 4 rings (SSSR count). The van der Waals surface area contributed by atoms with Crippen LogP contribution in [-0.2, 0) is 11.3 Å². The minimum absolute atomic E-state index is 0.0323. The number of nitrogens with zero attached hydrogens (tertiary/aromatic N) is 6. The standard InChI is InChI=1S/C18H16FN9O2/c1-30-18(29)24-12-14(20)25-16(26-15(12)21)11-10-5-3-7-23-17(10)28(27-11)8-9-4-2-6-22-13(9)19/h2-7H,8H2,1H3,(H,24,29)(H4,20,21,25,26). The minimum Gasteiger partial charge on any atom is -0.453 e. The van der Waals surface area contributed by atoms with Gasteiger partial charge in [0.1, 0.15) is 11.4 Å². The summed E-state index contributed by atoms with van der Waals surface area (Å²) in [7, 11) is 1.20. The summed E-state index contributed by atoms with van der Waals surface area (Å²) in [5.41, 5.74) is 13.1. The number of ether oxygens (including phenoxy) is 1. The zero-order valence-electron chi connectivity index (χ0n) is 15.7. The van der Waals surface area contributed by atoms with Gasteiger partial charge >= 0.3 is 6.09 Å². The number of nitrogens with two attached hydrogens (primary N) is 2. The predicted octanol–water partition coefficient (Wildman–Crippen LogP) is 1.81. The maximum absolute atomic E-state index is 14.0. The number of anilines is 3. The first-order chi connectivity index (χ1) is 14.5. The number of hydrogen-bond donors (Lipinski definition) is 3. The summed E-state index contributed by atoms with van der Waals surface area (Å²) >= 11 is 0. The van der Waals surface area contributed by atoms with Gasteiger partial charge in [-0.1, -0.05) is 6.07 Å².